The summed E-state index contributed by atoms with van der Waals surface area (Å²) in [5.41, 5.74) is -0.477. The van der Waals surface area contributed by atoms with E-state index in [1.807, 2.05) is 6.92 Å². The van der Waals surface area contributed by atoms with Crippen molar-refractivity contribution in [2.45, 2.75) is 26.1 Å². The van der Waals surface area contributed by atoms with Gasteiger partial charge in [0, 0.05) is 26.2 Å². The average molecular weight is 437 g/mol. The molecule has 0 aliphatic heterocycles. The molecule has 0 aliphatic carbocycles. The zero-order valence-electron chi connectivity index (χ0n) is 17.0. The monoisotopic (exact) mass is 436 g/mol. The molecule has 0 aliphatic rings. The van der Waals surface area contributed by atoms with Crippen LogP contribution in [0.5, 0.6) is 0 Å². The van der Waals surface area contributed by atoms with Crippen molar-refractivity contribution in [2.75, 3.05) is 25.5 Å². The number of alkyl halides is 3. The lowest BCUT2D eigenvalue weighted by Crippen LogP contribution is -2.32. The molecule has 0 N–H and O–H groups in total. The van der Waals surface area contributed by atoms with Gasteiger partial charge in [-0.2, -0.15) is 18.3 Å². The maximum atomic E-state index is 13.9. The van der Waals surface area contributed by atoms with Crippen molar-refractivity contribution < 1.29 is 18.0 Å². The highest BCUT2D eigenvalue weighted by Crippen LogP contribution is 2.38. The predicted molar refractivity (Wildman–Crippen MR) is 112 cm³/mol. The first-order valence-corrected chi connectivity index (χ1v) is 10.4. The van der Waals surface area contributed by atoms with Gasteiger partial charge in [-0.1, -0.05) is 31.2 Å². The fourth-order valence-corrected chi connectivity index (χ4v) is 3.98. The van der Waals surface area contributed by atoms with Gasteiger partial charge in [-0.3, -0.25) is 4.79 Å². The molecule has 3 aromatic rings. The minimum absolute atomic E-state index is 0.0188. The maximum absolute atomic E-state index is 13.9. The SMILES string of the molecule is CCCN(Cc1c(C(F)(F)F)nn(-c2ccccc2)c1N(C)C)C(=O)c1cccs1. The Bertz CT molecular complexity index is 982. The number of benzene rings is 1. The van der Waals surface area contributed by atoms with Crippen molar-refractivity contribution in [3.63, 3.8) is 0 Å². The van der Waals surface area contributed by atoms with Crippen molar-refractivity contribution in [1.82, 2.24) is 14.7 Å². The van der Waals surface area contributed by atoms with Gasteiger partial charge in [0.25, 0.3) is 5.91 Å². The van der Waals surface area contributed by atoms with Crippen LogP contribution in [0.4, 0.5) is 19.0 Å². The number of rotatable bonds is 7. The molecule has 1 aromatic carbocycles. The van der Waals surface area contributed by atoms with Gasteiger partial charge in [-0.25, -0.2) is 4.68 Å². The van der Waals surface area contributed by atoms with Crippen molar-refractivity contribution in [1.29, 1.82) is 0 Å². The Labute approximate surface area is 177 Å². The molecule has 0 saturated carbocycles. The number of para-hydroxylation sites is 1. The number of carbonyl (C=O) groups excluding carboxylic acids is 1. The van der Waals surface area contributed by atoms with Gasteiger partial charge in [0.2, 0.25) is 0 Å². The lowest BCUT2D eigenvalue weighted by atomic mass is 10.1. The zero-order valence-corrected chi connectivity index (χ0v) is 17.8. The number of thiophene rings is 1. The number of aromatic nitrogens is 2. The Balaban J connectivity index is 2.13. The van der Waals surface area contributed by atoms with E-state index in [0.717, 1.165) is 0 Å². The average Bonchev–Trinajstić information content (AvgIpc) is 3.35. The first kappa shape index (κ1) is 21.9. The number of halogens is 3. The van der Waals surface area contributed by atoms with E-state index >= 15 is 0 Å². The predicted octanol–water partition coefficient (Wildman–Crippen LogP) is 5.07. The lowest BCUT2D eigenvalue weighted by Gasteiger charge is -2.24. The van der Waals surface area contributed by atoms with Crippen LogP contribution in [0.2, 0.25) is 0 Å². The molecule has 0 unspecified atom stereocenters. The van der Waals surface area contributed by atoms with Gasteiger partial charge >= 0.3 is 6.18 Å². The van der Waals surface area contributed by atoms with Crippen molar-refractivity contribution in [2.24, 2.45) is 0 Å². The number of carbonyl (C=O) groups is 1. The van der Waals surface area contributed by atoms with E-state index in [4.69, 9.17) is 0 Å². The fraction of sp³-hybridized carbons (Fsp3) is 0.333. The summed E-state index contributed by atoms with van der Waals surface area (Å²) in [6.07, 6.45) is -4.02. The maximum Gasteiger partial charge on any atom is 0.435 e. The summed E-state index contributed by atoms with van der Waals surface area (Å²) >= 11 is 1.27. The molecule has 1 amide bonds. The molecule has 0 spiro atoms. The van der Waals surface area contributed by atoms with Crippen LogP contribution in [0.3, 0.4) is 0 Å². The van der Waals surface area contributed by atoms with Crippen LogP contribution in [-0.4, -0.2) is 41.2 Å². The van der Waals surface area contributed by atoms with Gasteiger partial charge in [-0.15, -0.1) is 11.3 Å². The third-order valence-electron chi connectivity index (χ3n) is 4.51. The molecular formula is C21H23F3N4OS. The van der Waals surface area contributed by atoms with Crippen LogP contribution >= 0.6 is 11.3 Å². The molecule has 0 bridgehead atoms. The summed E-state index contributed by atoms with van der Waals surface area (Å²) in [5, 5.41) is 5.70. The third-order valence-corrected chi connectivity index (χ3v) is 5.37. The highest BCUT2D eigenvalue weighted by Gasteiger charge is 2.40. The van der Waals surface area contributed by atoms with E-state index in [0.29, 0.717) is 29.3 Å². The summed E-state index contributed by atoms with van der Waals surface area (Å²) in [7, 11) is 3.34. The number of hydrogen-bond donors (Lipinski definition) is 0. The topological polar surface area (TPSA) is 41.4 Å². The van der Waals surface area contributed by atoms with Crippen LogP contribution in [-0.2, 0) is 12.7 Å². The van der Waals surface area contributed by atoms with E-state index in [2.05, 4.69) is 5.10 Å². The molecule has 0 atom stereocenters. The molecule has 0 fully saturated rings. The zero-order chi connectivity index (χ0) is 21.9. The number of anilines is 1. The van der Waals surface area contributed by atoms with Crippen LogP contribution in [0.25, 0.3) is 5.69 Å². The van der Waals surface area contributed by atoms with Crippen LogP contribution in [0, 0.1) is 0 Å². The smallest absolute Gasteiger partial charge is 0.362 e. The molecule has 5 nitrogen and oxygen atoms in total. The Kier molecular flexibility index (Phi) is 6.50. The second-order valence-corrected chi connectivity index (χ2v) is 7.94. The molecule has 3 rings (SSSR count). The summed E-state index contributed by atoms with van der Waals surface area (Å²) in [5.74, 6) is 0.0192. The van der Waals surface area contributed by atoms with Gasteiger partial charge < -0.3 is 9.80 Å². The fourth-order valence-electron chi connectivity index (χ4n) is 3.29. The highest BCUT2D eigenvalue weighted by atomic mass is 32.1. The highest BCUT2D eigenvalue weighted by molar-refractivity contribution is 7.12. The van der Waals surface area contributed by atoms with Gasteiger partial charge in [0.1, 0.15) is 5.82 Å². The Hall–Kier alpha value is -2.81. The molecule has 0 saturated heterocycles. The Morgan fingerprint density at radius 3 is 2.37 bits per heavy atom. The summed E-state index contributed by atoms with van der Waals surface area (Å²) in [6, 6.07) is 12.1. The molecule has 2 aromatic heterocycles. The largest absolute Gasteiger partial charge is 0.435 e. The Morgan fingerprint density at radius 1 is 1.13 bits per heavy atom. The minimum Gasteiger partial charge on any atom is -0.362 e. The second-order valence-electron chi connectivity index (χ2n) is 6.99. The molecule has 30 heavy (non-hydrogen) atoms. The minimum atomic E-state index is -4.65. The second kappa shape index (κ2) is 8.91. The van der Waals surface area contributed by atoms with Gasteiger partial charge in [-0.05, 0) is 30.0 Å². The van der Waals surface area contributed by atoms with Crippen LogP contribution in [0.1, 0.15) is 34.3 Å². The lowest BCUT2D eigenvalue weighted by molar-refractivity contribution is -0.142. The number of amides is 1. The summed E-state index contributed by atoms with van der Waals surface area (Å²) in [4.78, 5) is 16.5. The van der Waals surface area contributed by atoms with E-state index < -0.39 is 11.9 Å². The molecule has 160 valence electrons. The Morgan fingerprint density at radius 2 is 1.83 bits per heavy atom. The van der Waals surface area contributed by atoms with Gasteiger partial charge in [0.05, 0.1) is 17.1 Å². The van der Waals surface area contributed by atoms with Crippen molar-refractivity contribution >= 4 is 23.1 Å². The van der Waals surface area contributed by atoms with Crippen molar-refractivity contribution in [3.05, 3.63) is 64.0 Å². The first-order valence-electron chi connectivity index (χ1n) is 9.48. The number of nitrogens with zero attached hydrogens (tertiary/aromatic N) is 4. The summed E-state index contributed by atoms with van der Waals surface area (Å²) < 4.78 is 43.1. The first-order chi connectivity index (χ1) is 14.2. The van der Waals surface area contributed by atoms with Crippen LogP contribution < -0.4 is 4.90 Å². The van der Waals surface area contributed by atoms with E-state index in [9.17, 15) is 18.0 Å². The standard InChI is InChI=1S/C21H23F3N4OS/c1-4-12-27(20(29)17-11-8-13-30-17)14-16-18(21(22,23)24)25-28(19(16)26(2)3)15-9-6-5-7-10-15/h5-11,13H,4,12,14H2,1-3H3. The van der Waals surface area contributed by atoms with Crippen LogP contribution in [0.15, 0.2) is 47.8 Å². The van der Waals surface area contributed by atoms with E-state index in [1.54, 1.807) is 66.8 Å². The molecular weight excluding hydrogens is 413 g/mol. The summed E-state index contributed by atoms with van der Waals surface area (Å²) in [6.45, 7) is 2.05. The molecule has 9 heteroatoms. The van der Waals surface area contributed by atoms with E-state index in [-0.39, 0.29) is 18.0 Å². The quantitative estimate of drug-likeness (QED) is 0.519. The number of hydrogen-bond acceptors (Lipinski definition) is 4. The van der Waals surface area contributed by atoms with Crippen molar-refractivity contribution in [3.8, 4) is 5.69 Å². The normalized spacial score (nSPS) is 11.5. The third kappa shape index (κ3) is 4.51. The molecule has 0 radical (unpaired) electrons. The molecule has 2 heterocycles. The van der Waals surface area contributed by atoms with Gasteiger partial charge in [0.15, 0.2) is 5.69 Å². The van der Waals surface area contributed by atoms with E-state index in [1.165, 1.54) is 20.9 Å².